The van der Waals surface area contributed by atoms with Gasteiger partial charge in [0.2, 0.25) is 11.8 Å². The molecule has 5 rings (SSSR count). The predicted octanol–water partition coefficient (Wildman–Crippen LogP) is 1.81. The summed E-state index contributed by atoms with van der Waals surface area (Å²) in [6.45, 7) is 0. The highest BCUT2D eigenvalue weighted by atomic mass is 16.2. The number of nitrogens with zero attached hydrogens (tertiary/aromatic N) is 2. The number of hydrogen-bond acceptors (Lipinski definition) is 5. The van der Waals surface area contributed by atoms with Gasteiger partial charge in [-0.1, -0.05) is 12.1 Å². The van der Waals surface area contributed by atoms with E-state index >= 15 is 0 Å². The second-order valence-electron chi connectivity index (χ2n) is 7.73. The van der Waals surface area contributed by atoms with Gasteiger partial charge >= 0.3 is 0 Å². The van der Waals surface area contributed by atoms with Crippen molar-refractivity contribution in [2.75, 3.05) is 10.6 Å². The molecule has 2 aliphatic rings. The van der Waals surface area contributed by atoms with Crippen molar-refractivity contribution >= 4 is 40.0 Å². The molecule has 31 heavy (non-hydrogen) atoms. The van der Waals surface area contributed by atoms with Crippen molar-refractivity contribution in [1.29, 1.82) is 0 Å². The van der Waals surface area contributed by atoms with Gasteiger partial charge in [-0.25, -0.2) is 4.98 Å². The van der Waals surface area contributed by atoms with Crippen molar-refractivity contribution in [2.45, 2.75) is 31.3 Å². The van der Waals surface area contributed by atoms with Crippen LogP contribution in [0.25, 0.3) is 10.9 Å². The monoisotopic (exact) mass is 417 g/mol. The van der Waals surface area contributed by atoms with Gasteiger partial charge in [0, 0.05) is 11.7 Å². The van der Waals surface area contributed by atoms with Gasteiger partial charge in [0.25, 0.3) is 11.5 Å². The fourth-order valence-electron chi connectivity index (χ4n) is 3.68. The van der Waals surface area contributed by atoms with E-state index in [-0.39, 0.29) is 18.0 Å². The van der Waals surface area contributed by atoms with Gasteiger partial charge < -0.3 is 16.0 Å². The Morgan fingerprint density at radius 2 is 1.94 bits per heavy atom. The maximum Gasteiger partial charge on any atom is 0.261 e. The Hall–Kier alpha value is -4.01. The van der Waals surface area contributed by atoms with Crippen molar-refractivity contribution in [3.05, 3.63) is 64.7 Å². The van der Waals surface area contributed by atoms with Crippen molar-refractivity contribution in [3.8, 4) is 0 Å². The summed E-state index contributed by atoms with van der Waals surface area (Å²) < 4.78 is 1.62. The SMILES string of the molecule is O=C(C[C@H]1NC(=O)c2ccccc2NC1=O)Nc1ccc2ncn(C3CC3)c(=O)c2c1. The molecule has 156 valence electrons. The summed E-state index contributed by atoms with van der Waals surface area (Å²) in [5.74, 6) is -1.36. The Morgan fingerprint density at radius 3 is 2.74 bits per heavy atom. The quantitative estimate of drug-likeness (QED) is 0.598. The number of aromatic nitrogens is 2. The molecule has 0 saturated heterocycles. The molecule has 9 nitrogen and oxygen atoms in total. The van der Waals surface area contributed by atoms with E-state index in [0.717, 1.165) is 12.8 Å². The topological polar surface area (TPSA) is 122 Å². The molecule has 1 aliphatic carbocycles. The van der Waals surface area contributed by atoms with E-state index in [1.807, 2.05) is 0 Å². The molecule has 1 aromatic heterocycles. The Balaban J connectivity index is 1.33. The van der Waals surface area contributed by atoms with E-state index in [0.29, 0.717) is 27.8 Å². The standard InChI is InChI=1S/C22H19N5O4/c28-19(10-18-21(30)25-17-4-2-1-3-14(17)20(29)26-18)24-12-5-8-16-15(9-12)22(31)27(11-23-16)13-6-7-13/h1-5,8-9,11,13,18H,6-7,10H2,(H,24,28)(H,25,30)(H,26,29)/t18-/m1/s1. The van der Waals surface area contributed by atoms with Crippen LogP contribution in [-0.2, 0) is 9.59 Å². The summed E-state index contributed by atoms with van der Waals surface area (Å²) in [6.07, 6.45) is 3.24. The summed E-state index contributed by atoms with van der Waals surface area (Å²) in [4.78, 5) is 54.5. The minimum Gasteiger partial charge on any atom is -0.340 e. The van der Waals surface area contributed by atoms with Gasteiger partial charge in [-0.3, -0.25) is 23.7 Å². The van der Waals surface area contributed by atoms with E-state index in [1.165, 1.54) is 0 Å². The first-order valence-corrected chi connectivity index (χ1v) is 10.0. The second-order valence-corrected chi connectivity index (χ2v) is 7.73. The molecule has 2 heterocycles. The third-order valence-corrected chi connectivity index (χ3v) is 5.45. The molecular weight excluding hydrogens is 398 g/mol. The smallest absolute Gasteiger partial charge is 0.261 e. The zero-order valence-corrected chi connectivity index (χ0v) is 16.4. The molecular formula is C22H19N5O4. The van der Waals surface area contributed by atoms with Crippen LogP contribution in [0.1, 0.15) is 35.7 Å². The van der Waals surface area contributed by atoms with Crippen LogP contribution in [0, 0.1) is 0 Å². The van der Waals surface area contributed by atoms with E-state index in [1.54, 1.807) is 53.4 Å². The predicted molar refractivity (Wildman–Crippen MR) is 114 cm³/mol. The van der Waals surface area contributed by atoms with Gasteiger partial charge in [-0.05, 0) is 43.2 Å². The van der Waals surface area contributed by atoms with E-state index < -0.39 is 23.8 Å². The fourth-order valence-corrected chi connectivity index (χ4v) is 3.68. The highest BCUT2D eigenvalue weighted by Gasteiger charge is 2.29. The fraction of sp³-hybridized carbons (Fsp3) is 0.227. The third kappa shape index (κ3) is 3.65. The molecule has 3 N–H and O–H groups in total. The van der Waals surface area contributed by atoms with E-state index in [4.69, 9.17) is 0 Å². The van der Waals surface area contributed by atoms with Gasteiger partial charge in [-0.15, -0.1) is 0 Å². The number of anilines is 2. The zero-order chi connectivity index (χ0) is 21.5. The van der Waals surface area contributed by atoms with E-state index in [2.05, 4.69) is 20.9 Å². The van der Waals surface area contributed by atoms with Crippen LogP contribution in [0.2, 0.25) is 0 Å². The molecule has 1 atom stereocenters. The Kier molecular flexibility index (Phi) is 4.50. The van der Waals surface area contributed by atoms with E-state index in [9.17, 15) is 19.2 Å². The molecule has 1 saturated carbocycles. The molecule has 0 spiro atoms. The molecule has 2 aromatic carbocycles. The Morgan fingerprint density at radius 1 is 1.13 bits per heavy atom. The Bertz CT molecular complexity index is 1290. The van der Waals surface area contributed by atoms with Gasteiger partial charge in [-0.2, -0.15) is 0 Å². The lowest BCUT2D eigenvalue weighted by Crippen LogP contribution is -2.43. The van der Waals surface area contributed by atoms with Crippen LogP contribution in [0.3, 0.4) is 0 Å². The maximum absolute atomic E-state index is 12.7. The molecule has 0 bridgehead atoms. The molecule has 0 radical (unpaired) electrons. The number of hydrogen-bond donors (Lipinski definition) is 3. The van der Waals surface area contributed by atoms with Gasteiger partial charge in [0.15, 0.2) is 0 Å². The van der Waals surface area contributed by atoms with Crippen LogP contribution >= 0.6 is 0 Å². The van der Waals surface area contributed by atoms with Crippen LogP contribution in [0.4, 0.5) is 11.4 Å². The van der Waals surface area contributed by atoms with Crippen molar-refractivity contribution in [2.24, 2.45) is 0 Å². The molecule has 0 unspecified atom stereocenters. The minimum atomic E-state index is -1.02. The molecule has 3 aromatic rings. The summed E-state index contributed by atoms with van der Waals surface area (Å²) in [6, 6.07) is 10.7. The lowest BCUT2D eigenvalue weighted by molar-refractivity contribution is -0.122. The van der Waals surface area contributed by atoms with Crippen LogP contribution in [0.15, 0.2) is 53.6 Å². The van der Waals surface area contributed by atoms with Crippen molar-refractivity contribution in [1.82, 2.24) is 14.9 Å². The van der Waals surface area contributed by atoms with Crippen molar-refractivity contribution < 1.29 is 14.4 Å². The lowest BCUT2D eigenvalue weighted by Gasteiger charge is -2.14. The number of fused-ring (bicyclic) bond motifs is 2. The summed E-state index contributed by atoms with van der Waals surface area (Å²) in [5, 5.41) is 8.39. The largest absolute Gasteiger partial charge is 0.340 e. The molecule has 9 heteroatoms. The highest BCUT2D eigenvalue weighted by molar-refractivity contribution is 6.11. The number of para-hydroxylation sites is 1. The van der Waals surface area contributed by atoms with Crippen LogP contribution < -0.4 is 21.5 Å². The number of rotatable bonds is 4. The molecule has 1 fully saturated rings. The maximum atomic E-state index is 12.7. The third-order valence-electron chi connectivity index (χ3n) is 5.45. The minimum absolute atomic E-state index is 0.142. The molecule has 3 amide bonds. The van der Waals surface area contributed by atoms with Gasteiger partial charge in [0.05, 0.1) is 34.9 Å². The second kappa shape index (κ2) is 7.35. The zero-order valence-electron chi connectivity index (χ0n) is 16.4. The van der Waals surface area contributed by atoms with Gasteiger partial charge in [0.1, 0.15) is 6.04 Å². The first kappa shape index (κ1) is 19.0. The normalized spacial score (nSPS) is 18.0. The highest BCUT2D eigenvalue weighted by Crippen LogP contribution is 2.33. The number of benzene rings is 2. The number of amides is 3. The molecule has 1 aliphatic heterocycles. The first-order chi connectivity index (χ1) is 15.0. The summed E-state index contributed by atoms with van der Waals surface area (Å²) in [5.41, 5.74) is 1.58. The summed E-state index contributed by atoms with van der Waals surface area (Å²) >= 11 is 0. The van der Waals surface area contributed by atoms with Crippen LogP contribution in [0.5, 0.6) is 0 Å². The lowest BCUT2D eigenvalue weighted by atomic mass is 10.1. The first-order valence-electron chi connectivity index (χ1n) is 10.0. The number of carbonyl (C=O) groups is 3. The van der Waals surface area contributed by atoms with Crippen LogP contribution in [-0.4, -0.2) is 33.3 Å². The number of carbonyl (C=O) groups excluding carboxylic acids is 3. The average Bonchev–Trinajstić information content (AvgIpc) is 3.59. The van der Waals surface area contributed by atoms with Crippen molar-refractivity contribution in [3.63, 3.8) is 0 Å². The number of nitrogens with one attached hydrogen (secondary N) is 3. The average molecular weight is 417 g/mol. The summed E-state index contributed by atoms with van der Waals surface area (Å²) in [7, 11) is 0. The Labute approximate surface area is 176 Å².